The van der Waals surface area contributed by atoms with Crippen LogP contribution in [-0.4, -0.2) is 24.1 Å². The third-order valence-electron chi connectivity index (χ3n) is 3.55. The number of carbonyl (C=O) groups is 3. The molecule has 106 valence electrons. The van der Waals surface area contributed by atoms with E-state index in [0.29, 0.717) is 24.2 Å². The molecule has 1 aliphatic carbocycles. The summed E-state index contributed by atoms with van der Waals surface area (Å²) in [6.07, 6.45) is 2.28. The number of nitrogens with one attached hydrogen (secondary N) is 1. The number of primary amides is 1. The van der Waals surface area contributed by atoms with Crippen LogP contribution in [0.2, 0.25) is 0 Å². The van der Waals surface area contributed by atoms with Gasteiger partial charge in [-0.1, -0.05) is 12.1 Å². The summed E-state index contributed by atoms with van der Waals surface area (Å²) in [6, 6.07) is 7.29. The van der Waals surface area contributed by atoms with Crippen molar-refractivity contribution in [2.45, 2.75) is 31.6 Å². The quantitative estimate of drug-likeness (QED) is 0.843. The van der Waals surface area contributed by atoms with Crippen molar-refractivity contribution in [3.8, 4) is 0 Å². The van der Waals surface area contributed by atoms with Gasteiger partial charge in [-0.3, -0.25) is 14.4 Å². The van der Waals surface area contributed by atoms with E-state index >= 15 is 0 Å². The average Bonchev–Trinajstić information content (AvgIpc) is 2.85. The highest BCUT2D eigenvalue weighted by Gasteiger charge is 2.23. The van der Waals surface area contributed by atoms with Gasteiger partial charge in [0.2, 0.25) is 5.91 Å². The summed E-state index contributed by atoms with van der Waals surface area (Å²) in [5.41, 5.74) is 6.65. The zero-order valence-electron chi connectivity index (χ0n) is 11.2. The van der Waals surface area contributed by atoms with E-state index in [0.717, 1.165) is 12.0 Å². The first-order chi connectivity index (χ1) is 9.56. The fraction of sp³-hybridized carbons (Fsp3) is 0.400. The van der Waals surface area contributed by atoms with E-state index in [9.17, 15) is 14.4 Å². The summed E-state index contributed by atoms with van der Waals surface area (Å²) in [5.74, 6) is -0.0652. The van der Waals surface area contributed by atoms with Crippen molar-refractivity contribution in [1.82, 2.24) is 5.32 Å². The summed E-state index contributed by atoms with van der Waals surface area (Å²) in [7, 11) is 0. The summed E-state index contributed by atoms with van der Waals surface area (Å²) in [5, 5.41) is 2.63. The molecule has 3 N–H and O–H groups in total. The SMILES string of the molecule is NC(=O)CCNC(=O)c1ccc([C@H]2CCC(=O)C2)cc1. The first-order valence-corrected chi connectivity index (χ1v) is 6.74. The van der Waals surface area contributed by atoms with Crippen LogP contribution in [0.25, 0.3) is 0 Å². The van der Waals surface area contributed by atoms with Crippen LogP contribution in [-0.2, 0) is 9.59 Å². The number of hydrogen-bond donors (Lipinski definition) is 2. The molecule has 0 aliphatic heterocycles. The molecule has 0 aromatic heterocycles. The minimum absolute atomic E-state index is 0.133. The number of benzene rings is 1. The molecule has 0 saturated heterocycles. The molecule has 5 heteroatoms. The lowest BCUT2D eigenvalue weighted by molar-refractivity contribution is -0.118. The molecule has 1 aliphatic rings. The van der Waals surface area contributed by atoms with Crippen molar-refractivity contribution in [2.24, 2.45) is 5.73 Å². The van der Waals surface area contributed by atoms with Gasteiger partial charge in [-0.15, -0.1) is 0 Å². The van der Waals surface area contributed by atoms with Crippen LogP contribution in [0.1, 0.15) is 47.5 Å². The van der Waals surface area contributed by atoms with Gasteiger partial charge in [-0.05, 0) is 30.0 Å². The molecule has 2 rings (SSSR count). The van der Waals surface area contributed by atoms with Gasteiger partial charge in [0.15, 0.2) is 0 Å². The fourth-order valence-electron chi connectivity index (χ4n) is 2.41. The standard InChI is InChI=1S/C15H18N2O3/c16-14(19)7-8-17-15(20)11-3-1-10(2-4-11)12-5-6-13(18)9-12/h1-4,12H,5-9H2,(H2,16,19)(H,17,20)/t12-/m0/s1. The van der Waals surface area contributed by atoms with Crippen molar-refractivity contribution >= 4 is 17.6 Å². The second kappa shape index (κ2) is 6.32. The molecule has 0 unspecified atom stereocenters. The molecule has 0 spiro atoms. The van der Waals surface area contributed by atoms with Crippen LogP contribution in [0.4, 0.5) is 0 Å². The molecule has 1 saturated carbocycles. The number of carbonyl (C=O) groups excluding carboxylic acids is 3. The number of rotatable bonds is 5. The van der Waals surface area contributed by atoms with E-state index in [1.54, 1.807) is 12.1 Å². The number of hydrogen-bond acceptors (Lipinski definition) is 3. The highest BCUT2D eigenvalue weighted by atomic mass is 16.2. The second-order valence-electron chi connectivity index (χ2n) is 5.07. The van der Waals surface area contributed by atoms with Gasteiger partial charge in [0.05, 0.1) is 0 Å². The molecule has 5 nitrogen and oxygen atoms in total. The van der Waals surface area contributed by atoms with Crippen LogP contribution in [0.5, 0.6) is 0 Å². The summed E-state index contributed by atoms with van der Waals surface area (Å²) < 4.78 is 0. The molecule has 1 atom stereocenters. The Labute approximate surface area is 117 Å². The molecule has 1 aromatic rings. The third kappa shape index (κ3) is 3.66. The number of Topliss-reactive ketones (excluding diaryl/α,β-unsaturated/α-hetero) is 1. The molecule has 2 amide bonds. The predicted octanol–water partition coefficient (Wildman–Crippen LogP) is 1.13. The van der Waals surface area contributed by atoms with Crippen molar-refractivity contribution in [1.29, 1.82) is 0 Å². The highest BCUT2D eigenvalue weighted by molar-refractivity contribution is 5.94. The van der Waals surface area contributed by atoms with Crippen LogP contribution < -0.4 is 11.1 Å². The zero-order valence-corrected chi connectivity index (χ0v) is 11.2. The van der Waals surface area contributed by atoms with Gasteiger partial charge in [-0.2, -0.15) is 0 Å². The monoisotopic (exact) mass is 274 g/mol. The normalized spacial score (nSPS) is 18.0. The number of ketones is 1. The lowest BCUT2D eigenvalue weighted by Gasteiger charge is -2.09. The average molecular weight is 274 g/mol. The van der Waals surface area contributed by atoms with Gasteiger partial charge < -0.3 is 11.1 Å². The predicted molar refractivity (Wildman–Crippen MR) is 74.2 cm³/mol. The molecule has 0 bridgehead atoms. The molecule has 1 fully saturated rings. The fourth-order valence-corrected chi connectivity index (χ4v) is 2.41. The molecule has 1 aromatic carbocycles. The maximum absolute atomic E-state index is 11.8. The van der Waals surface area contributed by atoms with Crippen LogP contribution in [0.3, 0.4) is 0 Å². The van der Waals surface area contributed by atoms with E-state index in [1.807, 2.05) is 12.1 Å². The zero-order chi connectivity index (χ0) is 14.5. The molecule has 0 heterocycles. The summed E-state index contributed by atoms with van der Waals surface area (Å²) in [4.78, 5) is 33.6. The van der Waals surface area contributed by atoms with Crippen molar-refractivity contribution < 1.29 is 14.4 Å². The van der Waals surface area contributed by atoms with E-state index < -0.39 is 5.91 Å². The third-order valence-corrected chi connectivity index (χ3v) is 3.55. The van der Waals surface area contributed by atoms with Crippen molar-refractivity contribution in [2.75, 3.05) is 6.54 Å². The van der Waals surface area contributed by atoms with E-state index in [1.165, 1.54) is 0 Å². The maximum Gasteiger partial charge on any atom is 0.251 e. The molecular weight excluding hydrogens is 256 g/mol. The number of amides is 2. The Morgan fingerprint density at radius 2 is 1.95 bits per heavy atom. The Morgan fingerprint density at radius 3 is 2.50 bits per heavy atom. The number of nitrogens with two attached hydrogens (primary N) is 1. The highest BCUT2D eigenvalue weighted by Crippen LogP contribution is 2.31. The van der Waals surface area contributed by atoms with Gasteiger partial charge in [0.25, 0.3) is 5.91 Å². The van der Waals surface area contributed by atoms with Gasteiger partial charge in [0, 0.05) is 31.4 Å². The molecular formula is C15H18N2O3. The summed E-state index contributed by atoms with van der Waals surface area (Å²) >= 11 is 0. The van der Waals surface area contributed by atoms with E-state index in [4.69, 9.17) is 5.73 Å². The van der Waals surface area contributed by atoms with Crippen LogP contribution in [0.15, 0.2) is 24.3 Å². The Balaban J connectivity index is 1.92. The van der Waals surface area contributed by atoms with Crippen LogP contribution in [0, 0.1) is 0 Å². The topological polar surface area (TPSA) is 89.3 Å². The first kappa shape index (κ1) is 14.2. The van der Waals surface area contributed by atoms with Crippen molar-refractivity contribution in [3.05, 3.63) is 35.4 Å². The van der Waals surface area contributed by atoms with Gasteiger partial charge in [-0.25, -0.2) is 0 Å². The van der Waals surface area contributed by atoms with Gasteiger partial charge >= 0.3 is 0 Å². The Bertz CT molecular complexity index is 522. The Hall–Kier alpha value is -2.17. The Morgan fingerprint density at radius 1 is 1.25 bits per heavy atom. The molecule has 20 heavy (non-hydrogen) atoms. The lowest BCUT2D eigenvalue weighted by Crippen LogP contribution is -2.27. The molecule has 0 radical (unpaired) electrons. The van der Waals surface area contributed by atoms with E-state index in [2.05, 4.69) is 5.32 Å². The second-order valence-corrected chi connectivity index (χ2v) is 5.07. The Kier molecular flexibility index (Phi) is 4.50. The van der Waals surface area contributed by atoms with Crippen molar-refractivity contribution in [3.63, 3.8) is 0 Å². The van der Waals surface area contributed by atoms with Crippen LogP contribution >= 0.6 is 0 Å². The minimum atomic E-state index is -0.438. The first-order valence-electron chi connectivity index (χ1n) is 6.74. The van der Waals surface area contributed by atoms with E-state index in [-0.39, 0.29) is 24.8 Å². The lowest BCUT2D eigenvalue weighted by atomic mass is 9.96. The largest absolute Gasteiger partial charge is 0.370 e. The summed E-state index contributed by atoms with van der Waals surface area (Å²) in [6.45, 7) is 0.243. The maximum atomic E-state index is 11.8. The minimum Gasteiger partial charge on any atom is -0.370 e. The van der Waals surface area contributed by atoms with Gasteiger partial charge in [0.1, 0.15) is 5.78 Å². The smallest absolute Gasteiger partial charge is 0.251 e.